The molecule has 2 rings (SSSR count). The Kier molecular flexibility index (Phi) is 2.06. The fourth-order valence-electron chi connectivity index (χ4n) is 2.48. The van der Waals surface area contributed by atoms with Crippen LogP contribution in [0.1, 0.15) is 19.3 Å². The minimum atomic E-state index is -0.623. The van der Waals surface area contributed by atoms with E-state index in [0.717, 1.165) is 19.3 Å². The Hall–Kier alpha value is 0.180. The number of halogens is 2. The van der Waals surface area contributed by atoms with E-state index in [9.17, 15) is 4.39 Å². The van der Waals surface area contributed by atoms with Crippen LogP contribution in [-0.4, -0.2) is 18.3 Å². The van der Waals surface area contributed by atoms with Crippen LogP contribution in [0.2, 0.25) is 0 Å². The lowest BCUT2D eigenvalue weighted by Gasteiger charge is -2.23. The smallest absolute Gasteiger partial charge is 0.121 e. The van der Waals surface area contributed by atoms with Crippen LogP contribution in [0.25, 0.3) is 0 Å². The van der Waals surface area contributed by atoms with Crippen molar-refractivity contribution in [1.82, 2.24) is 0 Å². The van der Waals surface area contributed by atoms with Crippen LogP contribution in [0.5, 0.6) is 0 Å². The molecule has 0 aromatic carbocycles. The highest BCUT2D eigenvalue weighted by atomic mass is 35.5. The van der Waals surface area contributed by atoms with Crippen molar-refractivity contribution in [3.05, 3.63) is 0 Å². The third-order valence-electron chi connectivity index (χ3n) is 2.95. The van der Waals surface area contributed by atoms with Crippen molar-refractivity contribution in [2.45, 2.75) is 31.5 Å². The largest absolute Gasteiger partial charge is 0.362 e. The van der Waals surface area contributed by atoms with Gasteiger partial charge in [-0.2, -0.15) is 0 Å². The molecule has 4 atom stereocenters. The van der Waals surface area contributed by atoms with Crippen LogP contribution >= 0.6 is 11.6 Å². The number of alkyl halides is 2. The molecule has 2 bridgehead atoms. The summed E-state index contributed by atoms with van der Waals surface area (Å²) >= 11 is 5.42. The van der Waals surface area contributed by atoms with Crippen LogP contribution in [0.3, 0.4) is 0 Å². The fourth-order valence-corrected chi connectivity index (χ4v) is 2.64. The van der Waals surface area contributed by atoms with Crippen LogP contribution in [0.15, 0.2) is 0 Å². The van der Waals surface area contributed by atoms with E-state index in [1.54, 1.807) is 0 Å². The second-order valence-corrected chi connectivity index (χ2v) is 3.79. The molecule has 0 N–H and O–H groups in total. The predicted molar refractivity (Wildman–Crippen MR) is 41.3 cm³/mol. The molecule has 0 saturated heterocycles. The summed E-state index contributed by atoms with van der Waals surface area (Å²) in [5.41, 5.74) is 0. The minimum Gasteiger partial charge on any atom is -0.362 e. The first-order chi connectivity index (χ1) is 5.31. The third-order valence-corrected chi connectivity index (χ3v) is 3.07. The number of rotatable bonds is 2. The summed E-state index contributed by atoms with van der Waals surface area (Å²) in [7, 11) is 0. The molecule has 2 aliphatic carbocycles. The van der Waals surface area contributed by atoms with Gasteiger partial charge in [0.15, 0.2) is 0 Å². The normalized spacial score (nSPS) is 48.5. The number of ether oxygens (including phenoxy) is 1. The molecule has 0 spiro atoms. The standard InChI is InChI=1S/C8H12ClFO/c9-4-11-8-3-5-1-6(8)7(10)2-5/h5-8H,1-4H2. The van der Waals surface area contributed by atoms with Gasteiger partial charge in [-0.3, -0.25) is 0 Å². The predicted octanol–water partition coefficient (Wildman–Crippen LogP) is 2.34. The first-order valence-corrected chi connectivity index (χ1v) is 4.66. The van der Waals surface area contributed by atoms with Gasteiger partial charge in [0.25, 0.3) is 0 Å². The summed E-state index contributed by atoms with van der Waals surface area (Å²) in [5.74, 6) is 0.724. The van der Waals surface area contributed by atoms with Crippen molar-refractivity contribution in [2.75, 3.05) is 6.07 Å². The van der Waals surface area contributed by atoms with Gasteiger partial charge < -0.3 is 4.74 Å². The molecule has 0 amide bonds. The average Bonchev–Trinajstić information content (AvgIpc) is 2.46. The second kappa shape index (κ2) is 2.91. The molecule has 0 heterocycles. The number of fused-ring (bicyclic) bond motifs is 2. The molecular weight excluding hydrogens is 167 g/mol. The zero-order valence-corrected chi connectivity index (χ0v) is 7.06. The van der Waals surface area contributed by atoms with E-state index in [1.807, 2.05) is 0 Å². The SMILES string of the molecule is FC1CC2CC(OCCl)C1C2. The molecular formula is C8H12ClFO. The van der Waals surface area contributed by atoms with Gasteiger partial charge in [-0.05, 0) is 25.2 Å². The quantitative estimate of drug-likeness (QED) is 0.590. The van der Waals surface area contributed by atoms with E-state index in [0.29, 0.717) is 5.92 Å². The molecule has 2 saturated carbocycles. The average molecular weight is 179 g/mol. The van der Waals surface area contributed by atoms with Crippen molar-refractivity contribution in [1.29, 1.82) is 0 Å². The van der Waals surface area contributed by atoms with Crippen LogP contribution in [0.4, 0.5) is 4.39 Å². The monoisotopic (exact) mass is 178 g/mol. The summed E-state index contributed by atoms with van der Waals surface area (Å²) in [5, 5.41) is 0. The highest BCUT2D eigenvalue weighted by Gasteiger charge is 2.47. The summed E-state index contributed by atoms with van der Waals surface area (Å²) < 4.78 is 18.3. The van der Waals surface area contributed by atoms with Gasteiger partial charge in [0.1, 0.15) is 12.2 Å². The van der Waals surface area contributed by atoms with Crippen molar-refractivity contribution in [3.8, 4) is 0 Å². The van der Waals surface area contributed by atoms with E-state index in [4.69, 9.17) is 16.3 Å². The second-order valence-electron chi connectivity index (χ2n) is 3.57. The van der Waals surface area contributed by atoms with Crippen molar-refractivity contribution < 1.29 is 9.13 Å². The number of hydrogen-bond acceptors (Lipinski definition) is 1. The summed E-state index contributed by atoms with van der Waals surface area (Å²) in [6, 6.07) is 0.209. The zero-order chi connectivity index (χ0) is 7.84. The van der Waals surface area contributed by atoms with E-state index in [1.165, 1.54) is 0 Å². The molecule has 11 heavy (non-hydrogen) atoms. The van der Waals surface area contributed by atoms with E-state index in [2.05, 4.69) is 0 Å². The molecule has 0 aliphatic heterocycles. The fraction of sp³-hybridized carbons (Fsp3) is 1.00. The number of hydrogen-bond donors (Lipinski definition) is 0. The molecule has 1 nitrogen and oxygen atoms in total. The van der Waals surface area contributed by atoms with Crippen molar-refractivity contribution >= 4 is 11.6 Å². The van der Waals surface area contributed by atoms with Crippen molar-refractivity contribution in [2.24, 2.45) is 11.8 Å². The molecule has 64 valence electrons. The van der Waals surface area contributed by atoms with Gasteiger partial charge in [0.2, 0.25) is 0 Å². The van der Waals surface area contributed by atoms with Gasteiger partial charge in [0, 0.05) is 5.92 Å². The van der Waals surface area contributed by atoms with Crippen LogP contribution < -0.4 is 0 Å². The Morgan fingerprint density at radius 2 is 2.18 bits per heavy atom. The maximum absolute atomic E-state index is 13.1. The lowest BCUT2D eigenvalue weighted by Crippen LogP contribution is -2.27. The molecule has 0 aromatic heterocycles. The Morgan fingerprint density at radius 1 is 1.36 bits per heavy atom. The Morgan fingerprint density at radius 3 is 2.73 bits per heavy atom. The van der Waals surface area contributed by atoms with Crippen LogP contribution in [-0.2, 0) is 4.74 Å². The molecule has 2 fully saturated rings. The summed E-state index contributed by atoms with van der Waals surface area (Å²) in [6.45, 7) is 0. The molecule has 4 unspecified atom stereocenters. The molecule has 2 aliphatic rings. The van der Waals surface area contributed by atoms with Gasteiger partial charge in [0.05, 0.1) is 6.10 Å². The lowest BCUT2D eigenvalue weighted by molar-refractivity contribution is 0.0133. The Bertz CT molecular complexity index is 153. The third kappa shape index (κ3) is 1.27. The summed E-state index contributed by atoms with van der Waals surface area (Å²) in [4.78, 5) is 0. The first kappa shape index (κ1) is 7.81. The van der Waals surface area contributed by atoms with Crippen LogP contribution in [0, 0.1) is 11.8 Å². The maximum atomic E-state index is 13.1. The minimum absolute atomic E-state index is 0.112. The zero-order valence-electron chi connectivity index (χ0n) is 6.30. The highest BCUT2D eigenvalue weighted by Crippen LogP contribution is 2.47. The molecule has 3 heteroatoms. The molecule has 0 radical (unpaired) electrons. The van der Waals surface area contributed by atoms with Gasteiger partial charge in [-0.15, -0.1) is 0 Å². The van der Waals surface area contributed by atoms with Gasteiger partial charge in [-0.25, -0.2) is 4.39 Å². The van der Waals surface area contributed by atoms with Gasteiger partial charge in [-0.1, -0.05) is 11.6 Å². The van der Waals surface area contributed by atoms with Gasteiger partial charge >= 0.3 is 0 Å². The Balaban J connectivity index is 1.96. The van der Waals surface area contributed by atoms with Crippen molar-refractivity contribution in [3.63, 3.8) is 0 Å². The lowest BCUT2D eigenvalue weighted by atomic mass is 9.96. The molecule has 0 aromatic rings. The van der Waals surface area contributed by atoms with E-state index in [-0.39, 0.29) is 18.1 Å². The highest BCUT2D eigenvalue weighted by molar-refractivity contribution is 6.17. The Labute approximate surface area is 70.9 Å². The first-order valence-electron chi connectivity index (χ1n) is 4.13. The maximum Gasteiger partial charge on any atom is 0.121 e. The van der Waals surface area contributed by atoms with E-state index >= 15 is 0 Å². The van der Waals surface area contributed by atoms with E-state index < -0.39 is 6.17 Å². The summed E-state index contributed by atoms with van der Waals surface area (Å²) in [6.07, 6.45) is 2.29. The topological polar surface area (TPSA) is 9.23 Å².